The van der Waals surface area contributed by atoms with Gasteiger partial charge in [-0.15, -0.1) is 0 Å². The van der Waals surface area contributed by atoms with E-state index in [9.17, 15) is 4.39 Å². The zero-order valence-electron chi connectivity index (χ0n) is 13.5. The van der Waals surface area contributed by atoms with E-state index in [4.69, 9.17) is 22.1 Å². The van der Waals surface area contributed by atoms with Crippen molar-refractivity contribution in [3.63, 3.8) is 0 Å². The molecule has 3 aromatic rings. The minimum absolute atomic E-state index is 0.248. The Hall–Kier alpha value is -2.79. The second-order valence-electron chi connectivity index (χ2n) is 5.52. The first-order valence-electron chi connectivity index (χ1n) is 7.72. The van der Waals surface area contributed by atoms with Crippen LogP contribution in [0.15, 0.2) is 60.8 Å². The van der Waals surface area contributed by atoms with Gasteiger partial charge in [0.05, 0.1) is 11.9 Å². The fourth-order valence-corrected chi connectivity index (χ4v) is 2.66. The first kappa shape index (κ1) is 17.0. The number of hydrogen-bond acceptors (Lipinski definition) is 4. The van der Waals surface area contributed by atoms with E-state index in [-0.39, 0.29) is 11.6 Å². The monoisotopic (exact) mass is 357 g/mol. The molecule has 1 aromatic heterocycles. The first-order chi connectivity index (χ1) is 12.0. The van der Waals surface area contributed by atoms with Gasteiger partial charge < -0.3 is 15.8 Å². The Kier molecular flexibility index (Phi) is 5.05. The van der Waals surface area contributed by atoms with Crippen molar-refractivity contribution >= 4 is 28.8 Å². The van der Waals surface area contributed by atoms with Crippen LogP contribution < -0.4 is 15.8 Å². The van der Waals surface area contributed by atoms with E-state index < -0.39 is 6.10 Å². The lowest BCUT2D eigenvalue weighted by Gasteiger charge is -2.18. The smallest absolute Gasteiger partial charge is 0.166 e. The van der Waals surface area contributed by atoms with Crippen molar-refractivity contribution in [3.05, 3.63) is 77.2 Å². The topological polar surface area (TPSA) is 60.2 Å². The molecular formula is C19H17ClFN3O. The summed E-state index contributed by atoms with van der Waals surface area (Å²) >= 11 is 6.13. The largest absolute Gasteiger partial charge is 0.482 e. The fourth-order valence-electron chi connectivity index (χ4n) is 2.39. The van der Waals surface area contributed by atoms with Gasteiger partial charge >= 0.3 is 0 Å². The molecular weight excluding hydrogens is 341 g/mol. The normalized spacial score (nSPS) is 11.8. The molecule has 128 valence electrons. The highest BCUT2D eigenvalue weighted by Crippen LogP contribution is 2.32. The van der Waals surface area contributed by atoms with Crippen LogP contribution in [0, 0.1) is 5.82 Å². The molecule has 0 spiro atoms. The molecule has 0 saturated heterocycles. The third-order valence-electron chi connectivity index (χ3n) is 3.64. The standard InChI is InChI=1S/C19H17ClFN3O/c1-12(16-9-13(21)7-8-17(16)20)25-18-10-15(11-23-19(18)22)24-14-5-3-2-4-6-14/h2-12,24H,1H3,(H2,22,23). The molecule has 0 amide bonds. The summed E-state index contributed by atoms with van der Waals surface area (Å²) in [6.45, 7) is 1.78. The van der Waals surface area contributed by atoms with Gasteiger partial charge in [-0.25, -0.2) is 9.37 Å². The Morgan fingerprint density at radius 3 is 2.64 bits per heavy atom. The summed E-state index contributed by atoms with van der Waals surface area (Å²) in [6, 6.07) is 15.6. The number of anilines is 3. The van der Waals surface area contributed by atoms with Crippen LogP contribution in [0.25, 0.3) is 0 Å². The molecule has 1 atom stereocenters. The Balaban J connectivity index is 1.82. The number of rotatable bonds is 5. The number of aromatic nitrogens is 1. The Morgan fingerprint density at radius 2 is 1.88 bits per heavy atom. The maximum atomic E-state index is 13.5. The van der Waals surface area contributed by atoms with Gasteiger partial charge in [-0.1, -0.05) is 29.8 Å². The molecule has 0 saturated carbocycles. The average molecular weight is 358 g/mol. The highest BCUT2D eigenvalue weighted by molar-refractivity contribution is 6.31. The molecule has 0 radical (unpaired) electrons. The number of halogens is 2. The van der Waals surface area contributed by atoms with E-state index in [1.54, 1.807) is 19.2 Å². The number of ether oxygens (including phenoxy) is 1. The average Bonchev–Trinajstić information content (AvgIpc) is 2.61. The number of pyridine rings is 1. The van der Waals surface area contributed by atoms with Crippen LogP contribution in [0.1, 0.15) is 18.6 Å². The Bertz CT molecular complexity index is 874. The van der Waals surface area contributed by atoms with Gasteiger partial charge in [0.15, 0.2) is 11.6 Å². The second kappa shape index (κ2) is 7.40. The molecule has 0 bridgehead atoms. The van der Waals surface area contributed by atoms with Gasteiger partial charge in [0.2, 0.25) is 0 Å². The maximum absolute atomic E-state index is 13.5. The van der Waals surface area contributed by atoms with Crippen LogP contribution in [0.3, 0.4) is 0 Å². The van der Waals surface area contributed by atoms with Crippen molar-refractivity contribution < 1.29 is 9.13 Å². The van der Waals surface area contributed by atoms with Gasteiger partial charge in [0, 0.05) is 22.3 Å². The summed E-state index contributed by atoms with van der Waals surface area (Å²) in [4.78, 5) is 4.15. The van der Waals surface area contributed by atoms with Crippen LogP contribution in [-0.2, 0) is 0 Å². The van der Waals surface area contributed by atoms with Crippen molar-refractivity contribution in [2.75, 3.05) is 11.1 Å². The number of benzene rings is 2. The molecule has 0 aliphatic carbocycles. The molecule has 2 aromatic carbocycles. The molecule has 3 rings (SSSR count). The van der Waals surface area contributed by atoms with Gasteiger partial charge in [0.25, 0.3) is 0 Å². The van der Waals surface area contributed by atoms with E-state index in [1.165, 1.54) is 18.2 Å². The van der Waals surface area contributed by atoms with E-state index in [0.717, 1.165) is 11.4 Å². The zero-order chi connectivity index (χ0) is 17.8. The van der Waals surface area contributed by atoms with Crippen LogP contribution in [0.4, 0.5) is 21.6 Å². The minimum Gasteiger partial charge on any atom is -0.482 e. The van der Waals surface area contributed by atoms with Gasteiger partial charge in [0.1, 0.15) is 11.9 Å². The SMILES string of the molecule is CC(Oc1cc(Nc2ccccc2)cnc1N)c1cc(F)ccc1Cl. The lowest BCUT2D eigenvalue weighted by atomic mass is 10.1. The molecule has 1 heterocycles. The lowest BCUT2D eigenvalue weighted by Crippen LogP contribution is -2.07. The molecule has 1 unspecified atom stereocenters. The van der Waals surface area contributed by atoms with E-state index >= 15 is 0 Å². The van der Waals surface area contributed by atoms with Crippen molar-refractivity contribution in [2.45, 2.75) is 13.0 Å². The summed E-state index contributed by atoms with van der Waals surface area (Å²) in [6.07, 6.45) is 1.13. The molecule has 4 nitrogen and oxygen atoms in total. The number of nitrogens with one attached hydrogen (secondary N) is 1. The Labute approximate surface area is 150 Å². The third-order valence-corrected chi connectivity index (χ3v) is 3.99. The number of hydrogen-bond donors (Lipinski definition) is 2. The first-order valence-corrected chi connectivity index (χ1v) is 8.10. The molecule has 6 heteroatoms. The molecule has 0 aliphatic rings. The minimum atomic E-state index is -0.487. The fraction of sp³-hybridized carbons (Fsp3) is 0.105. The summed E-state index contributed by atoms with van der Waals surface area (Å²) in [7, 11) is 0. The summed E-state index contributed by atoms with van der Waals surface area (Å²) in [5, 5.41) is 3.65. The highest BCUT2D eigenvalue weighted by atomic mass is 35.5. The zero-order valence-corrected chi connectivity index (χ0v) is 14.3. The summed E-state index contributed by atoms with van der Waals surface area (Å²) < 4.78 is 19.3. The van der Waals surface area contributed by atoms with Gasteiger partial charge in [-0.2, -0.15) is 0 Å². The summed E-state index contributed by atoms with van der Waals surface area (Å²) in [5.74, 6) is 0.271. The van der Waals surface area contributed by atoms with Crippen LogP contribution in [0.2, 0.25) is 5.02 Å². The third kappa shape index (κ3) is 4.19. The number of nitrogens with zero attached hydrogens (tertiary/aromatic N) is 1. The van der Waals surface area contributed by atoms with Gasteiger partial charge in [-0.3, -0.25) is 0 Å². The van der Waals surface area contributed by atoms with E-state index in [0.29, 0.717) is 16.3 Å². The van der Waals surface area contributed by atoms with Crippen molar-refractivity contribution in [1.29, 1.82) is 0 Å². The molecule has 0 fully saturated rings. The van der Waals surface area contributed by atoms with Gasteiger partial charge in [-0.05, 0) is 37.3 Å². The van der Waals surface area contributed by atoms with Crippen molar-refractivity contribution in [3.8, 4) is 5.75 Å². The maximum Gasteiger partial charge on any atom is 0.166 e. The quantitative estimate of drug-likeness (QED) is 0.647. The molecule has 3 N–H and O–H groups in total. The molecule has 25 heavy (non-hydrogen) atoms. The predicted molar refractivity (Wildman–Crippen MR) is 98.8 cm³/mol. The van der Waals surface area contributed by atoms with Crippen LogP contribution in [-0.4, -0.2) is 4.98 Å². The summed E-state index contributed by atoms with van der Waals surface area (Å²) in [5.41, 5.74) is 8.10. The van der Waals surface area contributed by atoms with E-state index in [2.05, 4.69) is 10.3 Å². The lowest BCUT2D eigenvalue weighted by molar-refractivity contribution is 0.227. The van der Waals surface area contributed by atoms with Crippen molar-refractivity contribution in [1.82, 2.24) is 4.98 Å². The van der Waals surface area contributed by atoms with Crippen LogP contribution in [0.5, 0.6) is 5.75 Å². The predicted octanol–water partition coefficient (Wildman–Crippen LogP) is 5.34. The number of nitrogen functional groups attached to an aromatic ring is 1. The Morgan fingerprint density at radius 1 is 1.12 bits per heavy atom. The number of para-hydroxylation sites is 1. The second-order valence-corrected chi connectivity index (χ2v) is 5.93. The van der Waals surface area contributed by atoms with Crippen LogP contribution >= 0.6 is 11.6 Å². The molecule has 0 aliphatic heterocycles. The highest BCUT2D eigenvalue weighted by Gasteiger charge is 2.15. The number of nitrogens with two attached hydrogens (primary N) is 1. The van der Waals surface area contributed by atoms with Crippen molar-refractivity contribution in [2.24, 2.45) is 0 Å². The van der Waals surface area contributed by atoms with E-state index in [1.807, 2.05) is 30.3 Å².